The molecule has 0 atom stereocenters. The number of carbonyl (C=O) groups is 2. The molecule has 0 heterocycles. The molecule has 3 N–H and O–H groups in total. The highest BCUT2D eigenvalue weighted by atomic mass is 16.6. The minimum Gasteiger partial charge on any atom is -0.506 e. The highest BCUT2D eigenvalue weighted by molar-refractivity contribution is 5.93. The highest BCUT2D eigenvalue weighted by Crippen LogP contribution is 2.27. The van der Waals surface area contributed by atoms with Crippen LogP contribution < -0.4 is 5.32 Å². The van der Waals surface area contributed by atoms with Crippen molar-refractivity contribution in [3.63, 3.8) is 0 Å². The molecule has 1 rings (SSSR count). The van der Waals surface area contributed by atoms with E-state index in [-0.39, 0.29) is 11.4 Å². The summed E-state index contributed by atoms with van der Waals surface area (Å²) in [7, 11) is 0. The summed E-state index contributed by atoms with van der Waals surface area (Å²) in [5.74, 6) is -2.38. The van der Waals surface area contributed by atoms with Crippen molar-refractivity contribution in [1.82, 2.24) is 0 Å². The van der Waals surface area contributed by atoms with Crippen molar-refractivity contribution in [3.8, 4) is 5.75 Å². The predicted molar refractivity (Wildman–Crippen MR) is 61.8 cm³/mol. The number of non-ortho nitro benzene ring substituents is 1. The Kier molecular flexibility index (Phi) is 4.77. The number of hydrogen-bond donors (Lipinski definition) is 3. The second kappa shape index (κ2) is 6.31. The van der Waals surface area contributed by atoms with Gasteiger partial charge in [0.15, 0.2) is 0 Å². The molecule has 102 valence electrons. The molecule has 0 bridgehead atoms. The molecule has 0 aliphatic heterocycles. The SMILES string of the molecule is O=C(O)COCC(=O)Nc1ccc([N+](=O)[O-])cc1O. The second-order valence-electron chi connectivity index (χ2n) is 3.39. The first-order valence-corrected chi connectivity index (χ1v) is 4.97. The van der Waals surface area contributed by atoms with Gasteiger partial charge in [-0.1, -0.05) is 0 Å². The maximum Gasteiger partial charge on any atom is 0.329 e. The van der Waals surface area contributed by atoms with E-state index in [1.54, 1.807) is 0 Å². The summed E-state index contributed by atoms with van der Waals surface area (Å²) < 4.78 is 4.53. The highest BCUT2D eigenvalue weighted by Gasteiger charge is 2.12. The summed E-state index contributed by atoms with van der Waals surface area (Å²) >= 11 is 0. The van der Waals surface area contributed by atoms with E-state index in [1.165, 1.54) is 0 Å². The Balaban J connectivity index is 2.59. The quantitative estimate of drug-likeness (QED) is 0.384. The van der Waals surface area contributed by atoms with Crippen LogP contribution in [0.25, 0.3) is 0 Å². The van der Waals surface area contributed by atoms with Gasteiger partial charge in [-0.05, 0) is 6.07 Å². The van der Waals surface area contributed by atoms with Crippen molar-refractivity contribution in [1.29, 1.82) is 0 Å². The lowest BCUT2D eigenvalue weighted by molar-refractivity contribution is -0.384. The van der Waals surface area contributed by atoms with Gasteiger partial charge in [0.25, 0.3) is 5.69 Å². The molecule has 1 aromatic rings. The third kappa shape index (κ3) is 4.60. The third-order valence-corrected chi connectivity index (χ3v) is 1.92. The van der Waals surface area contributed by atoms with Gasteiger partial charge in [0.1, 0.15) is 19.0 Å². The Morgan fingerprint density at radius 1 is 1.37 bits per heavy atom. The Hall–Kier alpha value is -2.68. The Morgan fingerprint density at radius 2 is 2.05 bits per heavy atom. The molecule has 19 heavy (non-hydrogen) atoms. The van der Waals surface area contributed by atoms with E-state index in [1.807, 2.05) is 0 Å². The van der Waals surface area contributed by atoms with E-state index >= 15 is 0 Å². The van der Waals surface area contributed by atoms with Gasteiger partial charge in [-0.15, -0.1) is 0 Å². The van der Waals surface area contributed by atoms with Gasteiger partial charge in [0.2, 0.25) is 5.91 Å². The summed E-state index contributed by atoms with van der Waals surface area (Å²) in [6.07, 6.45) is 0. The number of anilines is 1. The lowest BCUT2D eigenvalue weighted by Gasteiger charge is -2.06. The third-order valence-electron chi connectivity index (χ3n) is 1.92. The number of rotatable bonds is 6. The van der Waals surface area contributed by atoms with Crippen molar-refractivity contribution in [3.05, 3.63) is 28.3 Å². The zero-order valence-corrected chi connectivity index (χ0v) is 9.53. The number of carbonyl (C=O) groups excluding carboxylic acids is 1. The van der Waals surface area contributed by atoms with Crippen LogP contribution in [0.5, 0.6) is 5.75 Å². The fraction of sp³-hybridized carbons (Fsp3) is 0.200. The minimum atomic E-state index is -1.22. The number of aromatic hydroxyl groups is 1. The van der Waals surface area contributed by atoms with Crippen LogP contribution in [-0.4, -0.2) is 40.2 Å². The van der Waals surface area contributed by atoms with E-state index in [2.05, 4.69) is 10.1 Å². The van der Waals surface area contributed by atoms with Crippen molar-refractivity contribution in [2.75, 3.05) is 18.5 Å². The van der Waals surface area contributed by atoms with E-state index < -0.39 is 35.8 Å². The monoisotopic (exact) mass is 270 g/mol. The largest absolute Gasteiger partial charge is 0.506 e. The maximum atomic E-state index is 11.3. The first kappa shape index (κ1) is 14.4. The van der Waals surface area contributed by atoms with Gasteiger partial charge in [-0.2, -0.15) is 0 Å². The number of ether oxygens (including phenoxy) is 1. The molecular weight excluding hydrogens is 260 g/mol. The van der Waals surface area contributed by atoms with Crippen LogP contribution in [0.1, 0.15) is 0 Å². The molecule has 0 spiro atoms. The van der Waals surface area contributed by atoms with Crippen molar-refractivity contribution in [2.24, 2.45) is 0 Å². The smallest absolute Gasteiger partial charge is 0.329 e. The lowest BCUT2D eigenvalue weighted by Crippen LogP contribution is -2.20. The van der Waals surface area contributed by atoms with E-state index in [0.717, 1.165) is 18.2 Å². The number of amides is 1. The van der Waals surface area contributed by atoms with Crippen LogP contribution in [0.4, 0.5) is 11.4 Å². The standard InChI is InChI=1S/C10H10N2O7/c13-8-3-6(12(17)18)1-2-7(8)11-9(14)4-19-5-10(15)16/h1-3,13H,4-5H2,(H,11,14)(H,15,16). The molecule has 0 radical (unpaired) electrons. The summed E-state index contributed by atoms with van der Waals surface area (Å²) in [6, 6.07) is 3.14. The van der Waals surface area contributed by atoms with Gasteiger partial charge in [-0.3, -0.25) is 14.9 Å². The molecule has 0 aromatic heterocycles. The topological polar surface area (TPSA) is 139 Å². The normalized spacial score (nSPS) is 9.89. The zero-order chi connectivity index (χ0) is 14.4. The minimum absolute atomic E-state index is 0.0328. The van der Waals surface area contributed by atoms with Gasteiger partial charge in [0, 0.05) is 6.07 Å². The lowest BCUT2D eigenvalue weighted by atomic mass is 10.2. The number of hydrogen-bond acceptors (Lipinski definition) is 6. The number of nitro benzene ring substituents is 1. The Morgan fingerprint density at radius 3 is 2.58 bits per heavy atom. The number of carboxylic acids is 1. The van der Waals surface area contributed by atoms with Crippen molar-refractivity contribution in [2.45, 2.75) is 0 Å². The van der Waals surface area contributed by atoms with Crippen LogP contribution in [0, 0.1) is 10.1 Å². The van der Waals surface area contributed by atoms with E-state index in [0.29, 0.717) is 0 Å². The van der Waals surface area contributed by atoms with Crippen LogP contribution >= 0.6 is 0 Å². The number of aliphatic carboxylic acids is 1. The number of nitrogens with zero attached hydrogens (tertiary/aromatic N) is 1. The number of nitro groups is 1. The summed E-state index contributed by atoms with van der Waals surface area (Å²) in [6.45, 7) is -1.14. The van der Waals surface area contributed by atoms with Gasteiger partial charge >= 0.3 is 5.97 Å². The molecule has 9 heteroatoms. The van der Waals surface area contributed by atoms with Crippen LogP contribution in [0.2, 0.25) is 0 Å². The van der Waals surface area contributed by atoms with Gasteiger partial charge in [-0.25, -0.2) is 4.79 Å². The number of carboxylic acid groups (broad SMARTS) is 1. The van der Waals surface area contributed by atoms with Crippen molar-refractivity contribution < 1.29 is 29.5 Å². The van der Waals surface area contributed by atoms with E-state index in [4.69, 9.17) is 5.11 Å². The molecule has 0 aliphatic carbocycles. The molecule has 0 aliphatic rings. The number of benzene rings is 1. The molecule has 1 aromatic carbocycles. The maximum absolute atomic E-state index is 11.3. The Bertz CT molecular complexity index is 515. The molecule has 0 unspecified atom stereocenters. The van der Waals surface area contributed by atoms with Gasteiger partial charge < -0.3 is 20.3 Å². The number of phenols is 1. The molecule has 0 fully saturated rings. The fourth-order valence-corrected chi connectivity index (χ4v) is 1.16. The van der Waals surface area contributed by atoms with Crippen LogP contribution in [0.3, 0.4) is 0 Å². The van der Waals surface area contributed by atoms with Crippen molar-refractivity contribution >= 4 is 23.3 Å². The van der Waals surface area contributed by atoms with Crippen LogP contribution in [0.15, 0.2) is 18.2 Å². The van der Waals surface area contributed by atoms with Gasteiger partial charge in [0.05, 0.1) is 16.7 Å². The molecule has 1 amide bonds. The average molecular weight is 270 g/mol. The summed E-state index contributed by atoms with van der Waals surface area (Å²) in [5.41, 5.74) is -0.354. The molecule has 9 nitrogen and oxygen atoms in total. The zero-order valence-electron chi connectivity index (χ0n) is 9.53. The molecular formula is C10H10N2O7. The average Bonchev–Trinajstić information content (AvgIpc) is 2.31. The number of nitrogens with one attached hydrogen (secondary N) is 1. The fourth-order valence-electron chi connectivity index (χ4n) is 1.16. The van der Waals surface area contributed by atoms with E-state index in [9.17, 15) is 24.8 Å². The Labute approximate surface area is 106 Å². The first-order chi connectivity index (χ1) is 8.90. The number of phenolic OH excluding ortho intramolecular Hbond substituents is 1. The predicted octanol–water partition coefficient (Wildman–Crippen LogP) is 0.340. The molecule has 0 saturated heterocycles. The first-order valence-electron chi connectivity index (χ1n) is 4.97. The summed E-state index contributed by atoms with van der Waals surface area (Å²) in [5, 5.41) is 30.4. The second-order valence-corrected chi connectivity index (χ2v) is 3.39. The summed E-state index contributed by atoms with van der Waals surface area (Å²) in [4.78, 5) is 31.2. The molecule has 0 saturated carbocycles. The van der Waals surface area contributed by atoms with Crippen LogP contribution in [-0.2, 0) is 14.3 Å².